The molecule has 2 aromatic carbocycles. The summed E-state index contributed by atoms with van der Waals surface area (Å²) in [6, 6.07) is 17.8. The summed E-state index contributed by atoms with van der Waals surface area (Å²) in [7, 11) is 1.92. The average molecular weight is 429 g/mol. The van der Waals surface area contributed by atoms with E-state index < -0.39 is 0 Å². The van der Waals surface area contributed by atoms with Crippen molar-refractivity contribution in [3.8, 4) is 11.3 Å². The van der Waals surface area contributed by atoms with Crippen LogP contribution < -0.4 is 10.9 Å². The third-order valence-corrected chi connectivity index (χ3v) is 6.09. The van der Waals surface area contributed by atoms with Gasteiger partial charge in [0.15, 0.2) is 0 Å². The zero-order chi connectivity index (χ0) is 22.8. The van der Waals surface area contributed by atoms with Crippen molar-refractivity contribution in [1.29, 1.82) is 0 Å². The number of aromatic nitrogens is 3. The summed E-state index contributed by atoms with van der Waals surface area (Å²) in [5, 5.41) is 7.52. The normalized spacial score (nSPS) is 11.1. The molecule has 0 bridgehead atoms. The van der Waals surface area contributed by atoms with Crippen molar-refractivity contribution in [1.82, 2.24) is 14.2 Å². The van der Waals surface area contributed by atoms with Gasteiger partial charge in [-0.1, -0.05) is 43.3 Å². The summed E-state index contributed by atoms with van der Waals surface area (Å²) >= 11 is 0. The van der Waals surface area contributed by atoms with Crippen LogP contribution in [0.5, 0.6) is 0 Å². The van der Waals surface area contributed by atoms with Crippen LogP contribution in [0.25, 0.3) is 16.9 Å². The molecule has 4 aromatic rings. The third kappa shape index (κ3) is 4.08. The lowest BCUT2D eigenvalue weighted by atomic mass is 10.1. The molecule has 2 aromatic heterocycles. The Bertz CT molecular complexity index is 1350. The number of nitrogens with one attached hydrogen (secondary N) is 1. The Morgan fingerprint density at radius 1 is 1.06 bits per heavy atom. The molecule has 0 unspecified atom stereocenters. The fraction of sp³-hybridized carbons (Fsp3) is 0.269. The Morgan fingerprint density at radius 3 is 2.47 bits per heavy atom. The molecule has 4 rings (SSSR count). The molecule has 164 valence electrons. The van der Waals surface area contributed by atoms with Crippen LogP contribution in [0.4, 0.5) is 5.69 Å². The van der Waals surface area contributed by atoms with Crippen molar-refractivity contribution in [2.45, 2.75) is 40.0 Å². The molecular weight excluding hydrogens is 400 g/mol. The average Bonchev–Trinajstić information content (AvgIpc) is 3.24. The smallest absolute Gasteiger partial charge is 0.277 e. The van der Waals surface area contributed by atoms with Crippen molar-refractivity contribution in [3.05, 3.63) is 87.3 Å². The van der Waals surface area contributed by atoms with Crippen LogP contribution in [-0.4, -0.2) is 20.1 Å². The van der Waals surface area contributed by atoms with Gasteiger partial charge in [-0.2, -0.15) is 9.61 Å². The number of amides is 1. The van der Waals surface area contributed by atoms with E-state index in [1.165, 1.54) is 10.1 Å². The van der Waals surface area contributed by atoms with Crippen molar-refractivity contribution >= 4 is 17.2 Å². The molecule has 1 N–H and O–H groups in total. The van der Waals surface area contributed by atoms with Crippen LogP contribution >= 0.6 is 0 Å². The van der Waals surface area contributed by atoms with Crippen molar-refractivity contribution in [2.75, 3.05) is 5.32 Å². The number of hydrogen-bond acceptors (Lipinski definition) is 3. The maximum atomic E-state index is 13.2. The lowest BCUT2D eigenvalue weighted by Gasteiger charge is -2.12. The van der Waals surface area contributed by atoms with Crippen LogP contribution in [0.3, 0.4) is 0 Å². The van der Waals surface area contributed by atoms with E-state index in [9.17, 15) is 9.59 Å². The molecule has 0 saturated heterocycles. The Hall–Kier alpha value is -3.67. The number of nitrogens with zero attached hydrogens (tertiary/aromatic N) is 3. The summed E-state index contributed by atoms with van der Waals surface area (Å²) in [6.07, 6.45) is 1.54. The quantitative estimate of drug-likeness (QED) is 0.493. The van der Waals surface area contributed by atoms with Gasteiger partial charge in [-0.3, -0.25) is 9.59 Å². The van der Waals surface area contributed by atoms with Gasteiger partial charge in [-0.15, -0.1) is 0 Å². The van der Waals surface area contributed by atoms with Crippen molar-refractivity contribution < 1.29 is 4.79 Å². The third-order valence-electron chi connectivity index (χ3n) is 6.09. The number of benzene rings is 2. The van der Waals surface area contributed by atoms with Gasteiger partial charge in [-0.25, -0.2) is 0 Å². The second-order valence-electron chi connectivity index (χ2n) is 8.14. The van der Waals surface area contributed by atoms with Gasteiger partial charge < -0.3 is 9.88 Å². The molecule has 0 atom stereocenters. The first-order valence-corrected chi connectivity index (χ1v) is 10.9. The SMILES string of the molecule is CCc1ccc(NC(=O)CCc2c(C)n(C)c3cc(-c4ccccc4C)nn3c2=O)cc1. The largest absolute Gasteiger partial charge is 0.333 e. The molecule has 0 aliphatic carbocycles. The van der Waals surface area contributed by atoms with Gasteiger partial charge in [-0.05, 0) is 49.9 Å². The molecule has 32 heavy (non-hydrogen) atoms. The van der Waals surface area contributed by atoms with Gasteiger partial charge in [0.1, 0.15) is 5.65 Å². The summed E-state index contributed by atoms with van der Waals surface area (Å²) < 4.78 is 3.42. The number of carbonyl (C=O) groups excluding carboxylic acids is 1. The molecule has 1 amide bonds. The fourth-order valence-electron chi connectivity index (χ4n) is 3.98. The number of carbonyl (C=O) groups is 1. The topological polar surface area (TPSA) is 68.4 Å². The highest BCUT2D eigenvalue weighted by molar-refractivity contribution is 5.90. The minimum atomic E-state index is -0.171. The number of fused-ring (bicyclic) bond motifs is 1. The molecular formula is C26H28N4O2. The number of anilines is 1. The van der Waals surface area contributed by atoms with E-state index in [2.05, 4.69) is 17.3 Å². The van der Waals surface area contributed by atoms with E-state index in [4.69, 9.17) is 0 Å². The van der Waals surface area contributed by atoms with Gasteiger partial charge in [0.2, 0.25) is 5.91 Å². The predicted octanol–water partition coefficient (Wildman–Crippen LogP) is 4.45. The first-order valence-electron chi connectivity index (χ1n) is 10.9. The van der Waals surface area contributed by atoms with E-state index >= 15 is 0 Å². The Kier molecular flexibility index (Phi) is 5.95. The van der Waals surface area contributed by atoms with E-state index in [1.807, 2.05) is 80.1 Å². The molecule has 0 aliphatic heterocycles. The fourth-order valence-corrected chi connectivity index (χ4v) is 3.98. The summed E-state index contributed by atoms with van der Waals surface area (Å²) in [5.41, 5.74) is 6.87. The van der Waals surface area contributed by atoms with Crippen LogP contribution in [0, 0.1) is 13.8 Å². The Balaban J connectivity index is 1.59. The zero-order valence-corrected chi connectivity index (χ0v) is 19.0. The molecule has 2 heterocycles. The van der Waals surface area contributed by atoms with Gasteiger partial charge in [0, 0.05) is 42.0 Å². The molecule has 6 heteroatoms. The van der Waals surface area contributed by atoms with Crippen LogP contribution in [0.2, 0.25) is 0 Å². The highest BCUT2D eigenvalue weighted by atomic mass is 16.1. The number of hydrogen-bond donors (Lipinski definition) is 1. The predicted molar refractivity (Wildman–Crippen MR) is 128 cm³/mol. The maximum absolute atomic E-state index is 13.2. The molecule has 0 radical (unpaired) electrons. The molecule has 0 saturated carbocycles. The van der Waals surface area contributed by atoms with Crippen LogP contribution in [-0.2, 0) is 24.7 Å². The Morgan fingerprint density at radius 2 is 1.78 bits per heavy atom. The minimum absolute atomic E-state index is 0.114. The van der Waals surface area contributed by atoms with E-state index in [0.717, 1.165) is 40.3 Å². The highest BCUT2D eigenvalue weighted by Gasteiger charge is 2.17. The lowest BCUT2D eigenvalue weighted by molar-refractivity contribution is -0.116. The lowest BCUT2D eigenvalue weighted by Crippen LogP contribution is -2.26. The highest BCUT2D eigenvalue weighted by Crippen LogP contribution is 2.23. The van der Waals surface area contributed by atoms with E-state index in [-0.39, 0.29) is 17.9 Å². The van der Waals surface area contributed by atoms with Crippen LogP contribution in [0.1, 0.15) is 35.7 Å². The number of rotatable bonds is 6. The van der Waals surface area contributed by atoms with E-state index in [1.54, 1.807) is 0 Å². The minimum Gasteiger partial charge on any atom is -0.333 e. The first kappa shape index (κ1) is 21.6. The molecule has 0 fully saturated rings. The van der Waals surface area contributed by atoms with Crippen molar-refractivity contribution in [2.24, 2.45) is 7.05 Å². The van der Waals surface area contributed by atoms with Gasteiger partial charge >= 0.3 is 0 Å². The maximum Gasteiger partial charge on any atom is 0.277 e. The van der Waals surface area contributed by atoms with Gasteiger partial charge in [0.25, 0.3) is 5.56 Å². The second-order valence-corrected chi connectivity index (χ2v) is 8.14. The van der Waals surface area contributed by atoms with E-state index in [0.29, 0.717) is 12.0 Å². The molecule has 0 spiro atoms. The van der Waals surface area contributed by atoms with Crippen molar-refractivity contribution in [3.63, 3.8) is 0 Å². The monoisotopic (exact) mass is 428 g/mol. The first-order chi connectivity index (χ1) is 15.4. The summed E-state index contributed by atoms with van der Waals surface area (Å²) in [5.74, 6) is -0.114. The standard InChI is InChI=1S/C26H28N4O2/c1-5-19-10-12-20(13-11-19)27-24(31)15-14-22-18(3)29(4)25-16-23(28-30(25)26(22)32)21-9-7-6-8-17(21)2/h6-13,16H,5,14-15H2,1-4H3,(H,27,31). The zero-order valence-electron chi connectivity index (χ0n) is 19.0. The molecule has 0 aliphatic rings. The van der Waals surface area contributed by atoms with Gasteiger partial charge in [0.05, 0.1) is 5.69 Å². The summed E-state index contributed by atoms with van der Waals surface area (Å²) in [4.78, 5) is 25.7. The summed E-state index contributed by atoms with van der Waals surface area (Å²) in [6.45, 7) is 6.04. The molecule has 6 nitrogen and oxygen atoms in total. The second kappa shape index (κ2) is 8.83. The Labute approximate surface area is 187 Å². The van der Waals surface area contributed by atoms with Crippen LogP contribution in [0.15, 0.2) is 59.4 Å². The number of aryl methyl sites for hydroxylation is 3.